The lowest BCUT2D eigenvalue weighted by molar-refractivity contribution is -0.139. The molecule has 102 valence electrons. The summed E-state index contributed by atoms with van der Waals surface area (Å²) in [7, 11) is 0. The fourth-order valence-electron chi connectivity index (χ4n) is 1.59. The minimum atomic E-state index is -1.01. The van der Waals surface area contributed by atoms with Crippen LogP contribution < -0.4 is 5.32 Å². The van der Waals surface area contributed by atoms with Crippen LogP contribution in [0.2, 0.25) is 0 Å². The van der Waals surface area contributed by atoms with E-state index in [2.05, 4.69) is 15.6 Å². The van der Waals surface area contributed by atoms with Crippen LogP contribution in [0.3, 0.4) is 0 Å². The first-order chi connectivity index (χ1) is 9.20. The molecule has 7 nitrogen and oxygen atoms in total. The van der Waals surface area contributed by atoms with Crippen LogP contribution in [0, 0.1) is 0 Å². The number of carboxylic acids is 1. The maximum Gasteiger partial charge on any atom is 0.327 e. The van der Waals surface area contributed by atoms with Crippen molar-refractivity contribution < 1.29 is 15.0 Å². The number of thiophene rings is 1. The van der Waals surface area contributed by atoms with Gasteiger partial charge in [0.2, 0.25) is 0 Å². The minimum Gasteiger partial charge on any atom is -0.480 e. The van der Waals surface area contributed by atoms with Gasteiger partial charge >= 0.3 is 5.97 Å². The van der Waals surface area contributed by atoms with Gasteiger partial charge in [-0.05, 0) is 11.4 Å². The minimum absolute atomic E-state index is 0.0663. The summed E-state index contributed by atoms with van der Waals surface area (Å²) in [5, 5.41) is 30.4. The lowest BCUT2D eigenvalue weighted by Gasteiger charge is -2.10. The first-order valence-electron chi connectivity index (χ1n) is 5.70. The number of aromatic nitrogens is 3. The molecule has 0 fully saturated rings. The molecule has 8 heteroatoms. The monoisotopic (exact) mass is 282 g/mol. The molecule has 0 amide bonds. The van der Waals surface area contributed by atoms with Gasteiger partial charge in [0.1, 0.15) is 5.69 Å². The van der Waals surface area contributed by atoms with Crippen LogP contribution in [0.1, 0.15) is 16.6 Å². The van der Waals surface area contributed by atoms with Gasteiger partial charge in [-0.1, -0.05) is 11.3 Å². The van der Waals surface area contributed by atoms with Crippen molar-refractivity contribution in [3.05, 3.63) is 34.3 Å². The van der Waals surface area contributed by atoms with Gasteiger partial charge in [0.05, 0.1) is 19.3 Å². The standard InChI is InChI=1S/C11H14N4O3S/c16-4-3-15-7-9(13-14-15)10(11(17)18)12-6-8-2-1-5-19-8/h1-2,5,7,10,12,16H,3-4,6H2,(H,17,18). The Bertz CT molecular complexity index is 526. The van der Waals surface area contributed by atoms with Crippen LogP contribution in [-0.4, -0.2) is 37.8 Å². The Labute approximate surface area is 113 Å². The number of carboxylic acid groups (broad SMARTS) is 1. The van der Waals surface area contributed by atoms with Gasteiger partial charge in [-0.3, -0.25) is 10.1 Å². The Balaban J connectivity index is 2.04. The summed E-state index contributed by atoms with van der Waals surface area (Å²) in [4.78, 5) is 12.3. The van der Waals surface area contributed by atoms with E-state index in [4.69, 9.17) is 5.11 Å². The molecule has 2 aromatic rings. The summed E-state index contributed by atoms with van der Waals surface area (Å²) in [6.07, 6.45) is 1.52. The first kappa shape index (κ1) is 13.7. The van der Waals surface area contributed by atoms with Crippen molar-refractivity contribution in [3.63, 3.8) is 0 Å². The second-order valence-electron chi connectivity index (χ2n) is 3.86. The molecule has 2 aromatic heterocycles. The predicted molar refractivity (Wildman–Crippen MR) is 68.6 cm³/mol. The van der Waals surface area contributed by atoms with E-state index in [1.54, 1.807) is 11.3 Å². The highest BCUT2D eigenvalue weighted by molar-refractivity contribution is 7.09. The fraction of sp³-hybridized carbons (Fsp3) is 0.364. The summed E-state index contributed by atoms with van der Waals surface area (Å²) >= 11 is 1.56. The van der Waals surface area contributed by atoms with Gasteiger partial charge in [0.25, 0.3) is 0 Å². The number of nitrogens with zero attached hydrogens (tertiary/aromatic N) is 3. The highest BCUT2D eigenvalue weighted by Gasteiger charge is 2.22. The van der Waals surface area contributed by atoms with Gasteiger partial charge in [-0.2, -0.15) is 0 Å². The average Bonchev–Trinajstić information content (AvgIpc) is 3.01. The summed E-state index contributed by atoms with van der Waals surface area (Å²) < 4.78 is 1.41. The molecular weight excluding hydrogens is 268 g/mol. The van der Waals surface area contributed by atoms with Crippen molar-refractivity contribution in [2.75, 3.05) is 6.61 Å². The lowest BCUT2D eigenvalue weighted by Crippen LogP contribution is -2.28. The number of aliphatic hydroxyl groups is 1. The summed E-state index contributed by atoms with van der Waals surface area (Å²) in [5.41, 5.74) is 0.331. The molecule has 1 unspecified atom stereocenters. The number of aliphatic hydroxyl groups excluding tert-OH is 1. The maximum absolute atomic E-state index is 11.2. The van der Waals surface area contributed by atoms with E-state index in [0.29, 0.717) is 18.8 Å². The van der Waals surface area contributed by atoms with E-state index in [1.165, 1.54) is 10.9 Å². The Morgan fingerprint density at radius 2 is 2.42 bits per heavy atom. The van der Waals surface area contributed by atoms with Gasteiger partial charge in [0, 0.05) is 11.4 Å². The van der Waals surface area contributed by atoms with Crippen molar-refractivity contribution in [2.45, 2.75) is 19.1 Å². The SMILES string of the molecule is O=C(O)C(NCc1cccs1)c1cn(CCO)nn1. The van der Waals surface area contributed by atoms with Crippen molar-refractivity contribution in [1.29, 1.82) is 0 Å². The van der Waals surface area contributed by atoms with Crippen LogP contribution in [-0.2, 0) is 17.9 Å². The quantitative estimate of drug-likeness (QED) is 0.673. The van der Waals surface area contributed by atoms with Crippen molar-refractivity contribution in [3.8, 4) is 0 Å². The van der Waals surface area contributed by atoms with Gasteiger partial charge < -0.3 is 10.2 Å². The molecule has 19 heavy (non-hydrogen) atoms. The van der Waals surface area contributed by atoms with Crippen LogP contribution in [0.4, 0.5) is 0 Å². The molecule has 2 heterocycles. The van der Waals surface area contributed by atoms with E-state index in [9.17, 15) is 9.90 Å². The maximum atomic E-state index is 11.2. The third-order valence-electron chi connectivity index (χ3n) is 2.49. The molecule has 0 aromatic carbocycles. The second kappa shape index (κ2) is 6.41. The second-order valence-corrected chi connectivity index (χ2v) is 4.89. The highest BCUT2D eigenvalue weighted by Crippen LogP contribution is 2.13. The van der Waals surface area contributed by atoms with Crippen LogP contribution >= 0.6 is 11.3 Å². The zero-order valence-electron chi connectivity index (χ0n) is 10.1. The predicted octanol–water partition coefficient (Wildman–Crippen LogP) is 0.247. The smallest absolute Gasteiger partial charge is 0.327 e. The van der Waals surface area contributed by atoms with E-state index in [0.717, 1.165) is 4.88 Å². The van der Waals surface area contributed by atoms with E-state index in [1.807, 2.05) is 17.5 Å². The number of hydrogen-bond acceptors (Lipinski definition) is 6. The molecule has 3 N–H and O–H groups in total. The number of hydrogen-bond donors (Lipinski definition) is 3. The van der Waals surface area contributed by atoms with Gasteiger partial charge in [-0.15, -0.1) is 16.4 Å². The molecule has 2 rings (SSSR count). The topological polar surface area (TPSA) is 100 Å². The fourth-order valence-corrected chi connectivity index (χ4v) is 2.25. The number of aliphatic carboxylic acids is 1. The summed E-state index contributed by atoms with van der Waals surface area (Å²) in [6, 6.07) is 2.93. The molecule has 0 bridgehead atoms. The Hall–Kier alpha value is -1.77. The number of nitrogens with one attached hydrogen (secondary N) is 1. The van der Waals surface area contributed by atoms with Crippen molar-refractivity contribution in [2.24, 2.45) is 0 Å². The van der Waals surface area contributed by atoms with Crippen LogP contribution in [0.15, 0.2) is 23.7 Å². The van der Waals surface area contributed by atoms with Crippen LogP contribution in [0.25, 0.3) is 0 Å². The molecular formula is C11H14N4O3S. The molecule has 0 aliphatic heterocycles. The van der Waals surface area contributed by atoms with Crippen molar-refractivity contribution in [1.82, 2.24) is 20.3 Å². The van der Waals surface area contributed by atoms with E-state index >= 15 is 0 Å². The van der Waals surface area contributed by atoms with Crippen molar-refractivity contribution >= 4 is 17.3 Å². The zero-order chi connectivity index (χ0) is 13.7. The molecule has 0 aliphatic carbocycles. The molecule has 1 atom stereocenters. The largest absolute Gasteiger partial charge is 0.480 e. The third kappa shape index (κ3) is 3.60. The van der Waals surface area contributed by atoms with E-state index in [-0.39, 0.29) is 6.61 Å². The number of carbonyl (C=O) groups is 1. The lowest BCUT2D eigenvalue weighted by atomic mass is 10.2. The first-order valence-corrected chi connectivity index (χ1v) is 6.58. The Morgan fingerprint density at radius 3 is 3.05 bits per heavy atom. The average molecular weight is 282 g/mol. The molecule has 0 spiro atoms. The van der Waals surface area contributed by atoms with Crippen LogP contribution in [0.5, 0.6) is 0 Å². The highest BCUT2D eigenvalue weighted by atomic mass is 32.1. The third-order valence-corrected chi connectivity index (χ3v) is 3.37. The van der Waals surface area contributed by atoms with Gasteiger partial charge in [0.15, 0.2) is 6.04 Å². The summed E-state index contributed by atoms with van der Waals surface area (Å²) in [5.74, 6) is -1.01. The summed E-state index contributed by atoms with van der Waals surface area (Å²) in [6.45, 7) is 0.689. The molecule has 0 radical (unpaired) electrons. The Morgan fingerprint density at radius 1 is 1.58 bits per heavy atom. The molecule has 0 aliphatic rings. The van der Waals surface area contributed by atoms with E-state index < -0.39 is 12.0 Å². The normalized spacial score (nSPS) is 12.5. The molecule has 0 saturated carbocycles. The Kier molecular flexibility index (Phi) is 4.61. The number of rotatable bonds is 7. The van der Waals surface area contributed by atoms with Gasteiger partial charge in [-0.25, -0.2) is 4.68 Å². The molecule has 0 saturated heterocycles. The zero-order valence-corrected chi connectivity index (χ0v) is 10.9.